The van der Waals surface area contributed by atoms with Gasteiger partial charge >= 0.3 is 5.97 Å². The van der Waals surface area contributed by atoms with Gasteiger partial charge in [0.15, 0.2) is 0 Å². The molecule has 3 nitrogen and oxygen atoms in total. The van der Waals surface area contributed by atoms with E-state index in [0.717, 1.165) is 18.5 Å². The van der Waals surface area contributed by atoms with Crippen LogP contribution in [0.3, 0.4) is 0 Å². The van der Waals surface area contributed by atoms with Crippen molar-refractivity contribution >= 4 is 5.97 Å². The Kier molecular flexibility index (Phi) is 5.52. The fraction of sp³-hybridized carbons (Fsp3) is 0.278. The molecule has 2 aromatic rings. The summed E-state index contributed by atoms with van der Waals surface area (Å²) in [5, 5.41) is 3.53. The van der Waals surface area contributed by atoms with Crippen molar-refractivity contribution in [3.8, 4) is 0 Å². The topological polar surface area (TPSA) is 38.3 Å². The van der Waals surface area contributed by atoms with Crippen molar-refractivity contribution in [2.75, 3.05) is 7.11 Å². The molecule has 0 aliphatic rings. The highest BCUT2D eigenvalue weighted by Gasteiger charge is 2.09. The molecule has 0 heterocycles. The Labute approximate surface area is 126 Å². The van der Waals surface area contributed by atoms with Gasteiger partial charge in [0.2, 0.25) is 0 Å². The number of ether oxygens (including phenoxy) is 1. The summed E-state index contributed by atoms with van der Waals surface area (Å²) < 4.78 is 4.75. The summed E-state index contributed by atoms with van der Waals surface area (Å²) >= 11 is 0. The second-order valence-corrected chi connectivity index (χ2v) is 4.94. The fourth-order valence-corrected chi connectivity index (χ4v) is 2.35. The van der Waals surface area contributed by atoms with Gasteiger partial charge in [-0.05, 0) is 29.7 Å². The second kappa shape index (κ2) is 7.60. The summed E-state index contributed by atoms with van der Waals surface area (Å²) in [6.07, 6.45) is 1.01. The molecule has 2 rings (SSSR count). The van der Waals surface area contributed by atoms with Crippen molar-refractivity contribution < 1.29 is 9.53 Å². The Morgan fingerprint density at radius 1 is 1.14 bits per heavy atom. The molecule has 0 aliphatic carbocycles. The molecule has 0 unspecified atom stereocenters. The van der Waals surface area contributed by atoms with E-state index in [9.17, 15) is 4.79 Å². The minimum Gasteiger partial charge on any atom is -0.465 e. The fourth-order valence-electron chi connectivity index (χ4n) is 2.35. The summed E-state index contributed by atoms with van der Waals surface area (Å²) in [6, 6.07) is 18.2. The van der Waals surface area contributed by atoms with Gasteiger partial charge in [0.1, 0.15) is 0 Å². The molecule has 1 atom stereocenters. The van der Waals surface area contributed by atoms with E-state index in [4.69, 9.17) is 4.74 Å². The predicted molar refractivity (Wildman–Crippen MR) is 84.1 cm³/mol. The SMILES string of the molecule is CC[C@@H](NCc1cccc(C(=O)OC)c1)c1ccccc1. The number of methoxy groups -OCH3 is 1. The zero-order chi connectivity index (χ0) is 15.1. The average Bonchev–Trinajstić information content (AvgIpc) is 2.56. The number of hydrogen-bond donors (Lipinski definition) is 1. The summed E-state index contributed by atoms with van der Waals surface area (Å²) in [6.45, 7) is 2.88. The molecular formula is C18H21NO2. The van der Waals surface area contributed by atoms with Crippen LogP contribution in [-0.2, 0) is 11.3 Å². The molecule has 3 heteroatoms. The van der Waals surface area contributed by atoms with Crippen LogP contribution in [0.15, 0.2) is 54.6 Å². The summed E-state index contributed by atoms with van der Waals surface area (Å²) in [7, 11) is 1.40. The molecule has 2 aromatic carbocycles. The van der Waals surface area contributed by atoms with Crippen LogP contribution in [0.25, 0.3) is 0 Å². The first-order valence-electron chi connectivity index (χ1n) is 7.20. The summed E-state index contributed by atoms with van der Waals surface area (Å²) in [4.78, 5) is 11.5. The van der Waals surface area contributed by atoms with E-state index in [1.54, 1.807) is 6.07 Å². The molecule has 21 heavy (non-hydrogen) atoms. The highest BCUT2D eigenvalue weighted by Crippen LogP contribution is 2.17. The third kappa shape index (κ3) is 4.17. The van der Waals surface area contributed by atoms with Gasteiger partial charge in [-0.3, -0.25) is 0 Å². The zero-order valence-electron chi connectivity index (χ0n) is 12.5. The maximum absolute atomic E-state index is 11.5. The highest BCUT2D eigenvalue weighted by molar-refractivity contribution is 5.89. The van der Waals surface area contributed by atoms with Crippen molar-refractivity contribution in [3.63, 3.8) is 0 Å². The second-order valence-electron chi connectivity index (χ2n) is 4.94. The Balaban J connectivity index is 2.03. The Morgan fingerprint density at radius 3 is 2.57 bits per heavy atom. The predicted octanol–water partition coefficient (Wildman–Crippen LogP) is 3.71. The third-order valence-corrected chi connectivity index (χ3v) is 3.51. The lowest BCUT2D eigenvalue weighted by atomic mass is 10.0. The number of benzene rings is 2. The van der Waals surface area contributed by atoms with Gasteiger partial charge in [0.25, 0.3) is 0 Å². The average molecular weight is 283 g/mol. The van der Waals surface area contributed by atoms with Crippen LogP contribution < -0.4 is 5.32 Å². The van der Waals surface area contributed by atoms with Crippen molar-refractivity contribution in [2.24, 2.45) is 0 Å². The van der Waals surface area contributed by atoms with E-state index < -0.39 is 0 Å². The Bertz CT molecular complexity index is 581. The smallest absolute Gasteiger partial charge is 0.337 e. The molecule has 0 aromatic heterocycles. The van der Waals surface area contributed by atoms with Gasteiger partial charge in [0.05, 0.1) is 12.7 Å². The minimum atomic E-state index is -0.299. The Hall–Kier alpha value is -2.13. The van der Waals surface area contributed by atoms with Gasteiger partial charge < -0.3 is 10.1 Å². The van der Waals surface area contributed by atoms with Crippen LogP contribution in [0.1, 0.15) is 40.9 Å². The molecule has 0 spiro atoms. The maximum Gasteiger partial charge on any atom is 0.337 e. The molecule has 0 fully saturated rings. The van der Waals surface area contributed by atoms with Gasteiger partial charge in [0, 0.05) is 12.6 Å². The highest BCUT2D eigenvalue weighted by atomic mass is 16.5. The molecule has 0 amide bonds. The first-order valence-corrected chi connectivity index (χ1v) is 7.20. The number of esters is 1. The standard InChI is InChI=1S/C18H21NO2/c1-3-17(15-9-5-4-6-10-15)19-13-14-8-7-11-16(12-14)18(20)21-2/h4-12,17,19H,3,13H2,1-2H3/t17-/m1/s1. The lowest BCUT2D eigenvalue weighted by Crippen LogP contribution is -2.20. The maximum atomic E-state index is 11.5. The van der Waals surface area contributed by atoms with Crippen LogP contribution >= 0.6 is 0 Å². The minimum absolute atomic E-state index is 0.299. The normalized spacial score (nSPS) is 11.9. The number of rotatable bonds is 6. The van der Waals surface area contributed by atoms with Gasteiger partial charge in [-0.2, -0.15) is 0 Å². The van der Waals surface area contributed by atoms with Crippen LogP contribution in [0.2, 0.25) is 0 Å². The molecule has 0 bridgehead atoms. The van der Waals surface area contributed by atoms with Crippen LogP contribution in [0, 0.1) is 0 Å². The van der Waals surface area contributed by atoms with Gasteiger partial charge in [-0.25, -0.2) is 4.79 Å². The van der Waals surface area contributed by atoms with E-state index >= 15 is 0 Å². The number of nitrogens with one attached hydrogen (secondary N) is 1. The van der Waals surface area contributed by atoms with Crippen molar-refractivity contribution in [2.45, 2.75) is 25.9 Å². The van der Waals surface area contributed by atoms with E-state index in [0.29, 0.717) is 11.6 Å². The molecular weight excluding hydrogens is 262 g/mol. The molecule has 0 saturated heterocycles. The number of hydrogen-bond acceptors (Lipinski definition) is 3. The van der Waals surface area contributed by atoms with Crippen LogP contribution in [-0.4, -0.2) is 13.1 Å². The van der Waals surface area contributed by atoms with Gasteiger partial charge in [-0.1, -0.05) is 49.4 Å². The molecule has 0 saturated carbocycles. The summed E-state index contributed by atoms with van der Waals surface area (Å²) in [5.41, 5.74) is 2.95. The van der Waals surface area contributed by atoms with Crippen LogP contribution in [0.4, 0.5) is 0 Å². The Morgan fingerprint density at radius 2 is 1.90 bits per heavy atom. The van der Waals surface area contributed by atoms with Gasteiger partial charge in [-0.15, -0.1) is 0 Å². The van der Waals surface area contributed by atoms with Crippen LogP contribution in [0.5, 0.6) is 0 Å². The van der Waals surface area contributed by atoms with E-state index in [1.165, 1.54) is 12.7 Å². The molecule has 0 radical (unpaired) electrons. The number of carbonyl (C=O) groups is 1. The van der Waals surface area contributed by atoms with E-state index in [1.807, 2.05) is 24.3 Å². The zero-order valence-corrected chi connectivity index (χ0v) is 12.5. The van der Waals surface area contributed by atoms with Crippen molar-refractivity contribution in [1.82, 2.24) is 5.32 Å². The molecule has 110 valence electrons. The number of carbonyl (C=O) groups excluding carboxylic acids is 1. The largest absolute Gasteiger partial charge is 0.465 e. The summed E-state index contributed by atoms with van der Waals surface area (Å²) in [5.74, 6) is -0.299. The quantitative estimate of drug-likeness (QED) is 0.821. The molecule has 1 N–H and O–H groups in total. The van der Waals surface area contributed by atoms with E-state index in [-0.39, 0.29) is 5.97 Å². The van der Waals surface area contributed by atoms with E-state index in [2.05, 4.69) is 36.5 Å². The lowest BCUT2D eigenvalue weighted by Gasteiger charge is -2.17. The van der Waals surface area contributed by atoms with Crippen molar-refractivity contribution in [3.05, 3.63) is 71.3 Å². The molecule has 0 aliphatic heterocycles. The van der Waals surface area contributed by atoms with Crippen molar-refractivity contribution in [1.29, 1.82) is 0 Å². The first kappa shape index (κ1) is 15.3. The monoisotopic (exact) mass is 283 g/mol. The third-order valence-electron chi connectivity index (χ3n) is 3.51. The first-order chi connectivity index (χ1) is 10.2. The lowest BCUT2D eigenvalue weighted by molar-refractivity contribution is 0.0600.